The zero-order chi connectivity index (χ0) is 14.7. The number of aliphatic hydroxyl groups excluding tert-OH is 1. The minimum Gasteiger partial charge on any atom is -0.371 e. The van der Waals surface area contributed by atoms with Gasteiger partial charge in [-0.05, 0) is 6.07 Å². The zero-order valence-electron chi connectivity index (χ0n) is 11.7. The first-order valence-corrected chi connectivity index (χ1v) is 6.71. The highest BCUT2D eigenvalue weighted by Crippen LogP contribution is 2.22. The fourth-order valence-corrected chi connectivity index (χ4v) is 2.26. The maximum atomic E-state index is 9.72. The van der Waals surface area contributed by atoms with Crippen LogP contribution in [-0.2, 0) is 13.6 Å². The van der Waals surface area contributed by atoms with Crippen LogP contribution in [0.1, 0.15) is 23.7 Å². The molecule has 0 aliphatic carbocycles. The second-order valence-corrected chi connectivity index (χ2v) is 4.88. The number of hydrogen-bond donors (Lipinski definition) is 1. The third-order valence-electron chi connectivity index (χ3n) is 3.28. The lowest BCUT2D eigenvalue weighted by atomic mass is 9.93. The highest BCUT2D eigenvalue weighted by atomic mass is 16.3. The second kappa shape index (κ2) is 5.92. The van der Waals surface area contributed by atoms with Gasteiger partial charge in [-0.2, -0.15) is 5.10 Å². The number of aromatic nitrogens is 4. The van der Waals surface area contributed by atoms with Crippen molar-refractivity contribution in [2.24, 2.45) is 17.0 Å². The van der Waals surface area contributed by atoms with E-state index in [1.54, 1.807) is 35.6 Å². The molecule has 2 unspecified atom stereocenters. The Morgan fingerprint density at radius 3 is 2.90 bits per heavy atom. The number of aliphatic imine (C=N–C) groups is 2. The molecule has 2 atom stereocenters. The van der Waals surface area contributed by atoms with E-state index in [-0.39, 0.29) is 5.92 Å². The van der Waals surface area contributed by atoms with E-state index in [1.807, 2.05) is 13.2 Å². The Labute approximate surface area is 122 Å². The molecule has 1 aliphatic heterocycles. The van der Waals surface area contributed by atoms with Crippen LogP contribution in [0.5, 0.6) is 0 Å². The molecule has 0 bridgehead atoms. The van der Waals surface area contributed by atoms with Crippen molar-refractivity contribution in [1.82, 2.24) is 19.7 Å². The van der Waals surface area contributed by atoms with Crippen LogP contribution in [0.15, 0.2) is 40.8 Å². The van der Waals surface area contributed by atoms with Crippen molar-refractivity contribution in [3.05, 3.63) is 42.2 Å². The van der Waals surface area contributed by atoms with E-state index in [9.17, 15) is 5.11 Å². The highest BCUT2D eigenvalue weighted by Gasteiger charge is 2.24. The van der Waals surface area contributed by atoms with Gasteiger partial charge in [-0.1, -0.05) is 0 Å². The fraction of sp³-hybridized carbons (Fsp3) is 0.357. The summed E-state index contributed by atoms with van der Waals surface area (Å²) in [6.07, 6.45) is 8.54. The predicted molar refractivity (Wildman–Crippen MR) is 78.2 cm³/mol. The minimum absolute atomic E-state index is 0.0502. The molecule has 1 aliphatic rings. The SMILES string of the molecule is Cn1cc(C2C=NC(O)CC2=NCc2ncccn2)cn1. The maximum Gasteiger partial charge on any atom is 0.149 e. The molecular formula is C14H16N6O. The van der Waals surface area contributed by atoms with Gasteiger partial charge in [0, 0.05) is 49.5 Å². The Morgan fingerprint density at radius 1 is 1.38 bits per heavy atom. The molecule has 7 heteroatoms. The number of hydrogen-bond acceptors (Lipinski definition) is 6. The topological polar surface area (TPSA) is 88.5 Å². The third kappa shape index (κ3) is 3.19. The first-order valence-electron chi connectivity index (χ1n) is 6.71. The molecular weight excluding hydrogens is 268 g/mol. The molecule has 0 spiro atoms. The van der Waals surface area contributed by atoms with Gasteiger partial charge >= 0.3 is 0 Å². The van der Waals surface area contributed by atoms with E-state index in [1.165, 1.54) is 0 Å². The van der Waals surface area contributed by atoms with Crippen LogP contribution >= 0.6 is 0 Å². The van der Waals surface area contributed by atoms with E-state index < -0.39 is 6.23 Å². The fourth-order valence-electron chi connectivity index (χ4n) is 2.26. The molecule has 7 nitrogen and oxygen atoms in total. The van der Waals surface area contributed by atoms with Gasteiger partial charge < -0.3 is 5.11 Å². The number of nitrogens with zero attached hydrogens (tertiary/aromatic N) is 6. The maximum absolute atomic E-state index is 9.72. The summed E-state index contributed by atoms with van der Waals surface area (Å²) >= 11 is 0. The Balaban J connectivity index is 1.85. The summed E-state index contributed by atoms with van der Waals surface area (Å²) in [5.41, 5.74) is 1.89. The van der Waals surface area contributed by atoms with Crippen LogP contribution in [0.25, 0.3) is 0 Å². The van der Waals surface area contributed by atoms with Gasteiger partial charge in [0.1, 0.15) is 12.1 Å². The van der Waals surface area contributed by atoms with Gasteiger partial charge in [0.25, 0.3) is 0 Å². The van der Waals surface area contributed by atoms with Crippen molar-refractivity contribution in [3.8, 4) is 0 Å². The van der Waals surface area contributed by atoms with Crippen LogP contribution in [0.4, 0.5) is 0 Å². The van der Waals surface area contributed by atoms with Crippen LogP contribution in [0, 0.1) is 0 Å². The Kier molecular flexibility index (Phi) is 3.83. The molecule has 2 aromatic heterocycles. The molecule has 0 saturated heterocycles. The van der Waals surface area contributed by atoms with Crippen LogP contribution in [-0.4, -0.2) is 43.0 Å². The lowest BCUT2D eigenvalue weighted by Gasteiger charge is -2.20. The van der Waals surface area contributed by atoms with Crippen molar-refractivity contribution in [2.75, 3.05) is 0 Å². The van der Waals surface area contributed by atoms with Crippen molar-refractivity contribution in [1.29, 1.82) is 0 Å². The van der Waals surface area contributed by atoms with Gasteiger partial charge in [0.15, 0.2) is 0 Å². The van der Waals surface area contributed by atoms with Crippen LogP contribution in [0.3, 0.4) is 0 Å². The molecule has 2 aromatic rings. The standard InChI is InChI=1S/C14H16N6O/c1-20-9-10(6-19-20)11-7-18-14(21)5-12(11)17-8-13-15-3-2-4-16-13/h2-4,6-7,9,11,14,21H,5,8H2,1H3. The van der Waals surface area contributed by atoms with Crippen molar-refractivity contribution in [2.45, 2.75) is 25.1 Å². The summed E-state index contributed by atoms with van der Waals surface area (Å²) in [5, 5.41) is 13.9. The van der Waals surface area contributed by atoms with E-state index >= 15 is 0 Å². The van der Waals surface area contributed by atoms with E-state index in [4.69, 9.17) is 0 Å². The molecule has 0 saturated carbocycles. The molecule has 3 rings (SSSR count). The molecule has 0 radical (unpaired) electrons. The molecule has 1 N–H and O–H groups in total. The summed E-state index contributed by atoms with van der Waals surface area (Å²) < 4.78 is 1.74. The average Bonchev–Trinajstić information content (AvgIpc) is 2.93. The van der Waals surface area contributed by atoms with Crippen LogP contribution in [0.2, 0.25) is 0 Å². The number of rotatable bonds is 3. The van der Waals surface area contributed by atoms with E-state index in [0.717, 1.165) is 11.3 Å². The normalized spacial score (nSPS) is 23.6. The first-order chi connectivity index (χ1) is 10.2. The zero-order valence-corrected chi connectivity index (χ0v) is 11.7. The lowest BCUT2D eigenvalue weighted by Crippen LogP contribution is -2.25. The van der Waals surface area contributed by atoms with Gasteiger partial charge in [0.2, 0.25) is 0 Å². The predicted octanol–water partition coefficient (Wildman–Crippen LogP) is 0.728. The molecule has 21 heavy (non-hydrogen) atoms. The lowest BCUT2D eigenvalue weighted by molar-refractivity contribution is 0.190. The van der Waals surface area contributed by atoms with Gasteiger partial charge in [-0.3, -0.25) is 14.7 Å². The van der Waals surface area contributed by atoms with Crippen LogP contribution < -0.4 is 0 Å². The Bertz CT molecular complexity index is 663. The van der Waals surface area contributed by atoms with Gasteiger partial charge in [-0.25, -0.2) is 9.97 Å². The van der Waals surface area contributed by atoms with E-state index in [2.05, 4.69) is 25.1 Å². The third-order valence-corrected chi connectivity index (χ3v) is 3.28. The summed E-state index contributed by atoms with van der Waals surface area (Å²) in [5.74, 6) is 0.609. The first kappa shape index (κ1) is 13.6. The largest absolute Gasteiger partial charge is 0.371 e. The summed E-state index contributed by atoms with van der Waals surface area (Å²) in [6, 6.07) is 1.77. The average molecular weight is 284 g/mol. The second-order valence-electron chi connectivity index (χ2n) is 4.88. The van der Waals surface area contributed by atoms with E-state index in [0.29, 0.717) is 18.8 Å². The molecule has 108 valence electrons. The highest BCUT2D eigenvalue weighted by molar-refractivity contribution is 6.05. The molecule has 3 heterocycles. The molecule has 0 fully saturated rings. The minimum atomic E-state index is -0.728. The quantitative estimate of drug-likeness (QED) is 0.899. The molecule has 0 aromatic carbocycles. The van der Waals surface area contributed by atoms with Crippen molar-refractivity contribution >= 4 is 11.9 Å². The summed E-state index contributed by atoms with van der Waals surface area (Å²) in [6.45, 7) is 0.396. The monoisotopic (exact) mass is 284 g/mol. The number of aliphatic hydroxyl groups is 1. The number of aryl methyl sites for hydroxylation is 1. The van der Waals surface area contributed by atoms with Gasteiger partial charge in [-0.15, -0.1) is 0 Å². The van der Waals surface area contributed by atoms with Gasteiger partial charge in [0.05, 0.1) is 18.7 Å². The summed E-state index contributed by atoms with van der Waals surface area (Å²) in [7, 11) is 1.87. The Hall–Kier alpha value is -2.41. The Morgan fingerprint density at radius 2 is 2.19 bits per heavy atom. The molecule has 0 amide bonds. The van der Waals surface area contributed by atoms with Crippen molar-refractivity contribution < 1.29 is 5.11 Å². The smallest absolute Gasteiger partial charge is 0.149 e. The summed E-state index contributed by atoms with van der Waals surface area (Å²) in [4.78, 5) is 17.0. The van der Waals surface area contributed by atoms with Crippen molar-refractivity contribution in [3.63, 3.8) is 0 Å².